The highest BCUT2D eigenvalue weighted by atomic mass is 32.2. The van der Waals surface area contributed by atoms with Gasteiger partial charge in [0.1, 0.15) is 0 Å². The van der Waals surface area contributed by atoms with Crippen molar-refractivity contribution in [3.8, 4) is 0 Å². The third-order valence-electron chi connectivity index (χ3n) is 4.95. The van der Waals surface area contributed by atoms with Crippen LogP contribution in [0.25, 0.3) is 0 Å². The fourth-order valence-corrected chi connectivity index (χ4v) is 5.30. The molecule has 0 aromatic rings. The second-order valence-electron chi connectivity index (χ2n) is 5.76. The first kappa shape index (κ1) is 11.4. The monoisotopic (exact) mass is 232 g/mol. The molecule has 15 heavy (non-hydrogen) atoms. The van der Waals surface area contributed by atoms with Crippen molar-refractivity contribution in [1.82, 2.24) is 0 Å². The summed E-state index contributed by atoms with van der Waals surface area (Å²) in [5.41, 5.74) is 5.84. The van der Waals surface area contributed by atoms with Crippen LogP contribution in [0.4, 0.5) is 0 Å². The van der Waals surface area contributed by atoms with Crippen LogP contribution in [-0.4, -0.2) is 20.2 Å². The summed E-state index contributed by atoms with van der Waals surface area (Å²) in [6, 6.07) is -0.00965. The van der Waals surface area contributed by atoms with Gasteiger partial charge in [-0.1, -0.05) is 13.8 Å². The van der Waals surface area contributed by atoms with Crippen molar-refractivity contribution in [2.75, 3.05) is 5.75 Å². The van der Waals surface area contributed by atoms with Gasteiger partial charge in [0.05, 0.1) is 5.75 Å². The van der Waals surface area contributed by atoms with Crippen molar-refractivity contribution in [1.29, 1.82) is 0 Å². The van der Waals surface area contributed by atoms with Crippen LogP contribution in [0.5, 0.6) is 0 Å². The van der Waals surface area contributed by atoms with E-state index in [1.807, 2.05) is 0 Å². The van der Waals surface area contributed by atoms with E-state index >= 15 is 0 Å². The smallest absolute Gasteiger partial charge is 0.209 e. The first-order valence-corrected chi connectivity index (χ1v) is 7.17. The fourth-order valence-electron chi connectivity index (χ4n) is 3.85. The minimum absolute atomic E-state index is 0.00965. The summed E-state index contributed by atoms with van der Waals surface area (Å²) in [7, 11) is -3.44. The molecule has 3 atom stereocenters. The Hall–Kier alpha value is -0.130. The predicted octanol–water partition coefficient (Wildman–Crippen LogP) is 0.429. The van der Waals surface area contributed by atoms with Crippen LogP contribution in [0.1, 0.15) is 33.1 Å². The van der Waals surface area contributed by atoms with Gasteiger partial charge in [0.25, 0.3) is 0 Å². The Morgan fingerprint density at radius 3 is 2.33 bits per heavy atom. The van der Waals surface area contributed by atoms with Crippen LogP contribution in [0.3, 0.4) is 0 Å². The predicted molar refractivity (Wildman–Crippen MR) is 59.5 cm³/mol. The van der Waals surface area contributed by atoms with Crippen LogP contribution in [-0.2, 0) is 10.0 Å². The minimum Gasteiger partial charge on any atom is -0.327 e. The van der Waals surface area contributed by atoms with E-state index in [4.69, 9.17) is 10.9 Å². The lowest BCUT2D eigenvalue weighted by Gasteiger charge is -2.40. The van der Waals surface area contributed by atoms with Gasteiger partial charge in [-0.3, -0.25) is 0 Å². The van der Waals surface area contributed by atoms with Gasteiger partial charge in [-0.15, -0.1) is 0 Å². The molecule has 0 saturated heterocycles. The summed E-state index contributed by atoms with van der Waals surface area (Å²) in [5.74, 6) is 0.610. The maximum Gasteiger partial charge on any atom is 0.209 e. The highest BCUT2D eigenvalue weighted by Gasteiger charge is 2.63. The standard InChI is InChI=1S/C10H20N2O2S/c1-9(2)7-3-4-10(9,8(11)5-7)6-15(12,13)14/h7-8H,3-6,11H2,1-2H3,(H2,12,13,14)/t7?,8?,10-/m1/s1. The van der Waals surface area contributed by atoms with Crippen LogP contribution in [0.15, 0.2) is 0 Å². The molecule has 2 fully saturated rings. The Bertz CT molecular complexity index is 377. The first-order valence-electron chi connectivity index (χ1n) is 5.45. The number of sulfonamides is 1. The summed E-state index contributed by atoms with van der Waals surface area (Å²) in [6.07, 6.45) is 2.95. The summed E-state index contributed by atoms with van der Waals surface area (Å²) < 4.78 is 22.7. The summed E-state index contributed by atoms with van der Waals surface area (Å²) in [6.45, 7) is 4.28. The lowest BCUT2D eigenvalue weighted by atomic mass is 9.69. The van der Waals surface area contributed by atoms with Crippen molar-refractivity contribution >= 4 is 10.0 Å². The van der Waals surface area contributed by atoms with Crippen LogP contribution >= 0.6 is 0 Å². The lowest BCUT2D eigenvalue weighted by Crippen LogP contribution is -2.49. The molecule has 2 saturated carbocycles. The summed E-state index contributed by atoms with van der Waals surface area (Å²) in [4.78, 5) is 0. The Morgan fingerprint density at radius 1 is 1.40 bits per heavy atom. The van der Waals surface area contributed by atoms with Crippen molar-refractivity contribution in [2.45, 2.75) is 39.2 Å². The molecule has 2 aliphatic carbocycles. The van der Waals surface area contributed by atoms with Crippen LogP contribution in [0, 0.1) is 16.7 Å². The molecule has 0 amide bonds. The number of fused-ring (bicyclic) bond motifs is 2. The number of primary sulfonamides is 1. The normalized spacial score (nSPS) is 43.5. The highest BCUT2D eigenvalue weighted by Crippen LogP contribution is 2.65. The average Bonchev–Trinajstić information content (AvgIpc) is 2.34. The van der Waals surface area contributed by atoms with Gasteiger partial charge in [-0.25, -0.2) is 13.6 Å². The second-order valence-corrected chi connectivity index (χ2v) is 7.38. The SMILES string of the molecule is CC1(C)C2CC[C@@]1(CS(N)(=O)=O)C(N)C2. The van der Waals surface area contributed by atoms with E-state index in [1.54, 1.807) is 0 Å². The zero-order valence-electron chi connectivity index (χ0n) is 9.36. The molecule has 2 unspecified atom stereocenters. The molecule has 2 bridgehead atoms. The maximum absolute atomic E-state index is 11.3. The van der Waals surface area contributed by atoms with Crippen LogP contribution < -0.4 is 10.9 Å². The van der Waals surface area contributed by atoms with Crippen LogP contribution in [0.2, 0.25) is 0 Å². The Labute approximate surface area is 91.5 Å². The molecule has 2 rings (SSSR count). The Kier molecular flexibility index (Phi) is 2.24. The van der Waals surface area contributed by atoms with Crippen molar-refractivity contribution in [3.63, 3.8) is 0 Å². The number of nitrogens with two attached hydrogens (primary N) is 2. The molecule has 0 spiro atoms. The molecule has 0 aliphatic heterocycles. The Morgan fingerprint density at radius 2 is 2.00 bits per heavy atom. The van der Waals surface area contributed by atoms with Gasteiger partial charge >= 0.3 is 0 Å². The largest absolute Gasteiger partial charge is 0.327 e. The van der Waals surface area contributed by atoms with E-state index in [2.05, 4.69) is 13.8 Å². The molecule has 88 valence electrons. The first-order chi connectivity index (χ1) is 6.69. The van der Waals surface area contributed by atoms with Gasteiger partial charge in [0.2, 0.25) is 10.0 Å². The van der Waals surface area contributed by atoms with E-state index in [1.165, 1.54) is 0 Å². The molecule has 0 aromatic heterocycles. The second kappa shape index (κ2) is 2.96. The maximum atomic E-state index is 11.3. The number of hydrogen-bond donors (Lipinski definition) is 2. The van der Waals surface area contributed by atoms with E-state index in [9.17, 15) is 8.42 Å². The van der Waals surface area contributed by atoms with Crippen molar-refractivity contribution in [3.05, 3.63) is 0 Å². The molecule has 0 radical (unpaired) electrons. The van der Waals surface area contributed by atoms with E-state index < -0.39 is 10.0 Å². The number of rotatable bonds is 2. The molecule has 0 heterocycles. The molecule has 2 aliphatic rings. The molecule has 4 nitrogen and oxygen atoms in total. The molecular formula is C10H20N2O2S. The van der Waals surface area contributed by atoms with E-state index in [-0.39, 0.29) is 22.6 Å². The molecule has 4 N–H and O–H groups in total. The summed E-state index contributed by atoms with van der Waals surface area (Å²) in [5, 5.41) is 5.19. The zero-order chi connectivity index (χ0) is 11.5. The third-order valence-corrected chi connectivity index (χ3v) is 5.87. The van der Waals surface area contributed by atoms with Gasteiger partial charge in [-0.05, 0) is 30.6 Å². The van der Waals surface area contributed by atoms with Gasteiger partial charge < -0.3 is 5.73 Å². The highest BCUT2D eigenvalue weighted by molar-refractivity contribution is 7.89. The zero-order valence-corrected chi connectivity index (χ0v) is 10.2. The molecule has 5 heteroatoms. The molecular weight excluding hydrogens is 212 g/mol. The quantitative estimate of drug-likeness (QED) is 0.724. The summed E-state index contributed by atoms with van der Waals surface area (Å²) >= 11 is 0. The van der Waals surface area contributed by atoms with E-state index in [0.717, 1.165) is 19.3 Å². The fraction of sp³-hybridized carbons (Fsp3) is 1.00. The topological polar surface area (TPSA) is 86.2 Å². The van der Waals surface area contributed by atoms with Crippen molar-refractivity contribution < 1.29 is 8.42 Å². The van der Waals surface area contributed by atoms with Crippen molar-refractivity contribution in [2.24, 2.45) is 27.6 Å². The lowest BCUT2D eigenvalue weighted by molar-refractivity contribution is 0.139. The minimum atomic E-state index is -3.44. The average molecular weight is 232 g/mol. The van der Waals surface area contributed by atoms with Gasteiger partial charge in [0, 0.05) is 11.5 Å². The van der Waals surface area contributed by atoms with E-state index in [0.29, 0.717) is 5.92 Å². The third kappa shape index (κ3) is 1.44. The van der Waals surface area contributed by atoms with Gasteiger partial charge in [0.15, 0.2) is 0 Å². The Balaban J connectivity index is 2.40. The molecule has 0 aromatic carbocycles. The number of hydrogen-bond acceptors (Lipinski definition) is 3. The van der Waals surface area contributed by atoms with Gasteiger partial charge in [-0.2, -0.15) is 0 Å².